The number of amides is 1. The molecule has 7 nitrogen and oxygen atoms in total. The molecule has 0 saturated heterocycles. The van der Waals surface area contributed by atoms with Crippen molar-refractivity contribution in [1.29, 1.82) is 0 Å². The quantitative estimate of drug-likeness (QED) is 0.847. The summed E-state index contributed by atoms with van der Waals surface area (Å²) in [5.74, 6) is -0.330. The van der Waals surface area contributed by atoms with Crippen molar-refractivity contribution in [3.63, 3.8) is 0 Å². The summed E-state index contributed by atoms with van der Waals surface area (Å²) in [6, 6.07) is 1.63. The lowest BCUT2D eigenvalue weighted by Gasteiger charge is -2.12. The number of nitrogens with zero attached hydrogens (tertiary/aromatic N) is 2. The summed E-state index contributed by atoms with van der Waals surface area (Å²) in [6.07, 6.45) is 0. The topological polar surface area (TPSA) is 97.0 Å². The molecule has 0 unspecified atom stereocenters. The van der Waals surface area contributed by atoms with Crippen molar-refractivity contribution in [2.24, 2.45) is 0 Å². The summed E-state index contributed by atoms with van der Waals surface area (Å²) in [5, 5.41) is 10.9. The predicted molar refractivity (Wildman–Crippen MR) is 78.7 cm³/mol. The molecular formula is C13H16N4O3S. The van der Waals surface area contributed by atoms with E-state index in [0.29, 0.717) is 16.4 Å². The lowest BCUT2D eigenvalue weighted by molar-refractivity contribution is 0.0607. The standard InChI is InChI=1S/C13H16N4O3S/c1-13(2,3)12-15-9(16-17-12)10(18)14-7-5-6-21-8(7)11(19)20-4/h5-6H,1-4H3,(H,14,18)(H,15,16,17). The minimum atomic E-state index is -0.495. The second kappa shape index (κ2) is 5.65. The van der Waals surface area contributed by atoms with Gasteiger partial charge in [0, 0.05) is 5.41 Å². The Kier molecular flexibility index (Phi) is 4.08. The molecule has 0 aromatic carbocycles. The van der Waals surface area contributed by atoms with Crippen LogP contribution >= 0.6 is 11.3 Å². The Balaban J connectivity index is 2.17. The van der Waals surface area contributed by atoms with E-state index in [2.05, 4.69) is 25.2 Å². The molecule has 2 N–H and O–H groups in total. The Labute approximate surface area is 125 Å². The molecule has 0 aliphatic heterocycles. The molecule has 0 saturated carbocycles. The molecule has 2 aromatic rings. The van der Waals surface area contributed by atoms with Crippen molar-refractivity contribution in [2.75, 3.05) is 12.4 Å². The van der Waals surface area contributed by atoms with Gasteiger partial charge in [0.2, 0.25) is 5.82 Å². The molecule has 2 rings (SSSR count). The van der Waals surface area contributed by atoms with Crippen LogP contribution in [0.15, 0.2) is 11.4 Å². The van der Waals surface area contributed by atoms with Gasteiger partial charge in [-0.2, -0.15) is 0 Å². The maximum atomic E-state index is 12.1. The van der Waals surface area contributed by atoms with Gasteiger partial charge in [-0.05, 0) is 11.4 Å². The van der Waals surface area contributed by atoms with Crippen molar-refractivity contribution in [1.82, 2.24) is 15.2 Å². The van der Waals surface area contributed by atoms with Crippen LogP contribution in [0.3, 0.4) is 0 Å². The average molecular weight is 308 g/mol. The third-order valence-corrected chi connectivity index (χ3v) is 3.58. The number of rotatable bonds is 3. The van der Waals surface area contributed by atoms with Crippen LogP contribution in [0.25, 0.3) is 0 Å². The maximum absolute atomic E-state index is 12.1. The van der Waals surface area contributed by atoms with Crippen LogP contribution < -0.4 is 5.32 Å². The number of ether oxygens (including phenoxy) is 1. The van der Waals surface area contributed by atoms with Crippen molar-refractivity contribution < 1.29 is 14.3 Å². The van der Waals surface area contributed by atoms with Gasteiger partial charge >= 0.3 is 5.97 Å². The molecule has 0 radical (unpaired) electrons. The predicted octanol–water partition coefficient (Wildman–Crippen LogP) is 2.20. The first kappa shape index (κ1) is 15.2. The van der Waals surface area contributed by atoms with E-state index in [1.807, 2.05) is 20.8 Å². The van der Waals surface area contributed by atoms with Gasteiger partial charge in [-0.25, -0.2) is 9.78 Å². The fourth-order valence-electron chi connectivity index (χ4n) is 1.54. The van der Waals surface area contributed by atoms with E-state index in [1.165, 1.54) is 18.4 Å². The number of thiophene rings is 1. The largest absolute Gasteiger partial charge is 0.465 e. The molecule has 0 spiro atoms. The van der Waals surface area contributed by atoms with Crippen LogP contribution in [-0.2, 0) is 10.2 Å². The lowest BCUT2D eigenvalue weighted by Crippen LogP contribution is -2.17. The second-order valence-electron chi connectivity index (χ2n) is 5.37. The fourth-order valence-corrected chi connectivity index (χ4v) is 2.30. The minimum absolute atomic E-state index is 0.0296. The van der Waals surface area contributed by atoms with Crippen LogP contribution in [0.4, 0.5) is 5.69 Å². The van der Waals surface area contributed by atoms with Crippen molar-refractivity contribution in [3.05, 3.63) is 28.0 Å². The van der Waals surface area contributed by atoms with Gasteiger partial charge in [0.25, 0.3) is 5.91 Å². The molecule has 1 amide bonds. The Bertz CT molecular complexity index is 669. The number of hydrogen-bond acceptors (Lipinski definition) is 6. The highest BCUT2D eigenvalue weighted by Gasteiger charge is 2.22. The Hall–Kier alpha value is -2.22. The van der Waals surface area contributed by atoms with Crippen molar-refractivity contribution >= 4 is 28.9 Å². The van der Waals surface area contributed by atoms with Gasteiger partial charge in [0.15, 0.2) is 0 Å². The first-order valence-corrected chi connectivity index (χ1v) is 7.11. The number of carbonyl (C=O) groups is 2. The van der Waals surface area contributed by atoms with Crippen LogP contribution in [0.5, 0.6) is 0 Å². The van der Waals surface area contributed by atoms with E-state index in [-0.39, 0.29) is 11.2 Å². The van der Waals surface area contributed by atoms with E-state index in [9.17, 15) is 9.59 Å². The molecule has 0 aliphatic carbocycles. The molecule has 2 heterocycles. The number of anilines is 1. The first-order valence-electron chi connectivity index (χ1n) is 6.23. The smallest absolute Gasteiger partial charge is 0.350 e. The SMILES string of the molecule is COC(=O)c1sccc1NC(=O)c1n[nH]c(C(C)(C)C)n1. The van der Waals surface area contributed by atoms with Crippen LogP contribution in [-0.4, -0.2) is 34.2 Å². The number of aromatic nitrogens is 3. The number of esters is 1. The number of nitrogens with one attached hydrogen (secondary N) is 2. The van der Waals surface area contributed by atoms with Crippen LogP contribution in [0.1, 0.15) is 46.9 Å². The molecule has 0 atom stereocenters. The molecule has 21 heavy (non-hydrogen) atoms. The fraction of sp³-hybridized carbons (Fsp3) is 0.385. The molecule has 0 bridgehead atoms. The van der Waals surface area contributed by atoms with E-state index in [0.717, 1.165) is 0 Å². The molecule has 8 heteroatoms. The number of methoxy groups -OCH3 is 1. The summed E-state index contributed by atoms with van der Waals surface area (Å²) in [4.78, 5) is 28.2. The number of aromatic amines is 1. The van der Waals surface area contributed by atoms with Gasteiger partial charge in [0.1, 0.15) is 10.7 Å². The highest BCUT2D eigenvalue weighted by atomic mass is 32.1. The van der Waals surface area contributed by atoms with Crippen molar-refractivity contribution in [2.45, 2.75) is 26.2 Å². The van der Waals surface area contributed by atoms with Crippen molar-refractivity contribution in [3.8, 4) is 0 Å². The normalized spacial score (nSPS) is 11.2. The molecule has 0 fully saturated rings. The highest BCUT2D eigenvalue weighted by Crippen LogP contribution is 2.23. The molecule has 0 aliphatic rings. The Morgan fingerprint density at radius 1 is 1.38 bits per heavy atom. The summed E-state index contributed by atoms with van der Waals surface area (Å²) < 4.78 is 4.65. The minimum Gasteiger partial charge on any atom is -0.465 e. The van der Waals surface area contributed by atoms with Gasteiger partial charge in [-0.1, -0.05) is 20.8 Å². The summed E-state index contributed by atoms with van der Waals surface area (Å²) in [7, 11) is 1.29. The monoisotopic (exact) mass is 308 g/mol. The maximum Gasteiger partial charge on any atom is 0.350 e. The van der Waals surface area contributed by atoms with E-state index >= 15 is 0 Å². The highest BCUT2D eigenvalue weighted by molar-refractivity contribution is 7.12. The van der Waals surface area contributed by atoms with Gasteiger partial charge in [-0.15, -0.1) is 16.4 Å². The van der Waals surface area contributed by atoms with E-state index in [4.69, 9.17) is 0 Å². The van der Waals surface area contributed by atoms with Gasteiger partial charge in [0.05, 0.1) is 12.8 Å². The number of H-pyrrole nitrogens is 1. The number of hydrogen-bond donors (Lipinski definition) is 2. The zero-order chi connectivity index (χ0) is 15.6. The van der Waals surface area contributed by atoms with Crippen LogP contribution in [0.2, 0.25) is 0 Å². The zero-order valence-electron chi connectivity index (χ0n) is 12.2. The molecule has 112 valence electrons. The van der Waals surface area contributed by atoms with E-state index in [1.54, 1.807) is 11.4 Å². The Morgan fingerprint density at radius 3 is 2.67 bits per heavy atom. The summed E-state index contributed by atoms with van der Waals surface area (Å²) in [6.45, 7) is 5.89. The molecule has 2 aromatic heterocycles. The van der Waals surface area contributed by atoms with Gasteiger partial charge < -0.3 is 10.1 Å². The zero-order valence-corrected chi connectivity index (χ0v) is 13.0. The number of carbonyl (C=O) groups excluding carboxylic acids is 2. The summed E-state index contributed by atoms with van der Waals surface area (Å²) >= 11 is 1.19. The summed E-state index contributed by atoms with van der Waals surface area (Å²) in [5.41, 5.74) is 0.157. The second-order valence-corrected chi connectivity index (χ2v) is 6.28. The lowest BCUT2D eigenvalue weighted by atomic mass is 9.96. The third-order valence-electron chi connectivity index (χ3n) is 2.68. The molecular weight excluding hydrogens is 292 g/mol. The third kappa shape index (κ3) is 3.27. The first-order chi connectivity index (χ1) is 9.82. The van der Waals surface area contributed by atoms with Gasteiger partial charge in [-0.3, -0.25) is 9.89 Å². The van der Waals surface area contributed by atoms with Crippen LogP contribution in [0, 0.1) is 0 Å². The Morgan fingerprint density at radius 2 is 2.10 bits per heavy atom. The van der Waals surface area contributed by atoms with E-state index < -0.39 is 11.9 Å². The average Bonchev–Trinajstić information content (AvgIpc) is 3.05.